The molecule has 0 saturated heterocycles. The normalized spacial score (nSPS) is 11.3. The highest BCUT2D eigenvalue weighted by molar-refractivity contribution is 6.31. The number of hydrogen-bond donors (Lipinski definition) is 0. The van der Waals surface area contributed by atoms with Crippen LogP contribution in [0.2, 0.25) is 5.02 Å². The van der Waals surface area contributed by atoms with Crippen LogP contribution in [0.3, 0.4) is 0 Å². The maximum Gasteiger partial charge on any atom is 0.420 e. The minimum Gasteiger partial charge on any atom is -0.457 e. The fourth-order valence-corrected chi connectivity index (χ4v) is 1.86. The summed E-state index contributed by atoms with van der Waals surface area (Å²) in [6, 6.07) is 7.69. The molecule has 6 heteroatoms. The van der Waals surface area contributed by atoms with Crippen molar-refractivity contribution in [3.63, 3.8) is 0 Å². The summed E-state index contributed by atoms with van der Waals surface area (Å²) in [5.74, 6) is -0.129. The number of aryl methyl sites for hydroxylation is 1. The lowest BCUT2D eigenvalue weighted by Gasteiger charge is -2.14. The lowest BCUT2D eigenvalue weighted by molar-refractivity contribution is -0.138. The van der Waals surface area contributed by atoms with Gasteiger partial charge in [0.2, 0.25) is 0 Å². The molecule has 0 saturated carbocycles. The topological polar surface area (TPSA) is 26.3 Å². The molecule has 0 fully saturated rings. The van der Waals surface area contributed by atoms with Gasteiger partial charge < -0.3 is 4.74 Å². The minimum absolute atomic E-state index is 0.0676. The zero-order chi connectivity index (χ0) is 15.6. The monoisotopic (exact) mass is 314 g/mol. The van der Waals surface area contributed by atoms with Gasteiger partial charge in [0.15, 0.2) is 0 Å². The summed E-state index contributed by atoms with van der Waals surface area (Å²) in [7, 11) is 0. The SMILES string of the molecule is Cc1cc(Oc2ccc(C=O)cc2C(F)(F)F)ccc1Cl. The molecule has 0 radical (unpaired) electrons. The van der Waals surface area contributed by atoms with Crippen molar-refractivity contribution in [2.75, 3.05) is 0 Å². The molecular formula is C15H10ClF3O2. The number of rotatable bonds is 3. The van der Waals surface area contributed by atoms with Crippen molar-refractivity contribution in [1.29, 1.82) is 0 Å². The van der Waals surface area contributed by atoms with Gasteiger partial charge in [-0.1, -0.05) is 11.6 Å². The Balaban J connectivity index is 2.43. The third kappa shape index (κ3) is 3.55. The second-order valence-electron chi connectivity index (χ2n) is 4.38. The maximum atomic E-state index is 13.0. The van der Waals surface area contributed by atoms with Crippen molar-refractivity contribution in [2.45, 2.75) is 13.1 Å². The minimum atomic E-state index is -4.62. The highest BCUT2D eigenvalue weighted by Crippen LogP contribution is 2.39. The van der Waals surface area contributed by atoms with Crippen LogP contribution in [-0.2, 0) is 6.18 Å². The van der Waals surface area contributed by atoms with E-state index in [4.69, 9.17) is 16.3 Å². The smallest absolute Gasteiger partial charge is 0.420 e. The summed E-state index contributed by atoms with van der Waals surface area (Å²) >= 11 is 5.85. The van der Waals surface area contributed by atoms with E-state index >= 15 is 0 Å². The van der Waals surface area contributed by atoms with E-state index in [9.17, 15) is 18.0 Å². The molecule has 0 N–H and O–H groups in total. The summed E-state index contributed by atoms with van der Waals surface area (Å²) in [4.78, 5) is 10.6. The molecule has 21 heavy (non-hydrogen) atoms. The number of hydrogen-bond acceptors (Lipinski definition) is 2. The second kappa shape index (κ2) is 5.77. The average molecular weight is 315 g/mol. The van der Waals surface area contributed by atoms with Crippen LogP contribution in [0.4, 0.5) is 13.2 Å². The Kier molecular flexibility index (Phi) is 4.23. The Morgan fingerprint density at radius 1 is 1.14 bits per heavy atom. The Morgan fingerprint density at radius 2 is 1.86 bits per heavy atom. The van der Waals surface area contributed by atoms with Gasteiger partial charge in [-0.2, -0.15) is 13.2 Å². The highest BCUT2D eigenvalue weighted by atomic mass is 35.5. The molecule has 0 aliphatic rings. The first-order valence-corrected chi connectivity index (χ1v) is 6.29. The standard InChI is InChI=1S/C15H10ClF3O2/c1-9-6-11(3-4-13(9)16)21-14-5-2-10(8-20)7-12(14)15(17,18)19/h2-8H,1H3. The number of benzene rings is 2. The van der Waals surface area contributed by atoms with Crippen molar-refractivity contribution in [2.24, 2.45) is 0 Å². The summed E-state index contributed by atoms with van der Waals surface area (Å²) in [6.45, 7) is 1.72. The van der Waals surface area contributed by atoms with E-state index in [-0.39, 0.29) is 17.1 Å². The lowest BCUT2D eigenvalue weighted by Crippen LogP contribution is -2.08. The van der Waals surface area contributed by atoms with Crippen molar-refractivity contribution >= 4 is 17.9 Å². The van der Waals surface area contributed by atoms with Crippen LogP contribution in [0.25, 0.3) is 0 Å². The third-order valence-corrected chi connectivity index (χ3v) is 3.23. The van der Waals surface area contributed by atoms with Gasteiger partial charge in [0.05, 0.1) is 5.56 Å². The fourth-order valence-electron chi connectivity index (χ4n) is 1.74. The van der Waals surface area contributed by atoms with Crippen molar-refractivity contribution in [1.82, 2.24) is 0 Å². The molecule has 0 unspecified atom stereocenters. The number of alkyl halides is 3. The van der Waals surface area contributed by atoms with E-state index in [0.29, 0.717) is 16.9 Å². The third-order valence-electron chi connectivity index (χ3n) is 2.80. The molecule has 110 valence electrons. The lowest BCUT2D eigenvalue weighted by atomic mass is 10.1. The van der Waals surface area contributed by atoms with Crippen LogP contribution in [0.1, 0.15) is 21.5 Å². The summed E-state index contributed by atoms with van der Waals surface area (Å²) in [5, 5.41) is 0.495. The maximum absolute atomic E-state index is 13.0. The largest absolute Gasteiger partial charge is 0.457 e. The van der Waals surface area contributed by atoms with Gasteiger partial charge in [-0.25, -0.2) is 0 Å². The second-order valence-corrected chi connectivity index (χ2v) is 4.79. The Morgan fingerprint density at radius 3 is 2.43 bits per heavy atom. The number of carbonyl (C=O) groups is 1. The van der Waals surface area contributed by atoms with E-state index in [2.05, 4.69) is 0 Å². The average Bonchev–Trinajstić information content (AvgIpc) is 2.42. The van der Waals surface area contributed by atoms with Gasteiger partial charge in [-0.15, -0.1) is 0 Å². The first-order valence-electron chi connectivity index (χ1n) is 5.91. The van der Waals surface area contributed by atoms with Gasteiger partial charge >= 0.3 is 6.18 Å². The fraction of sp³-hybridized carbons (Fsp3) is 0.133. The van der Waals surface area contributed by atoms with Gasteiger partial charge in [-0.05, 0) is 48.9 Å². The van der Waals surface area contributed by atoms with Crippen molar-refractivity contribution in [3.05, 3.63) is 58.1 Å². The van der Waals surface area contributed by atoms with E-state index in [1.54, 1.807) is 13.0 Å². The van der Waals surface area contributed by atoms with E-state index in [0.717, 1.165) is 12.1 Å². The number of aldehydes is 1. The van der Waals surface area contributed by atoms with Crippen molar-refractivity contribution < 1.29 is 22.7 Å². The van der Waals surface area contributed by atoms with Gasteiger partial charge in [0, 0.05) is 10.6 Å². The number of carbonyl (C=O) groups excluding carboxylic acids is 1. The molecule has 2 aromatic rings. The molecule has 0 amide bonds. The van der Waals surface area contributed by atoms with E-state index in [1.165, 1.54) is 18.2 Å². The molecule has 2 aromatic carbocycles. The molecule has 0 aliphatic carbocycles. The number of halogens is 4. The summed E-state index contributed by atoms with van der Waals surface area (Å²) in [5.41, 5.74) is -0.381. The molecule has 0 atom stereocenters. The molecular weight excluding hydrogens is 305 g/mol. The first-order chi connectivity index (χ1) is 9.81. The van der Waals surface area contributed by atoms with Crippen LogP contribution in [0, 0.1) is 6.92 Å². The quantitative estimate of drug-likeness (QED) is 0.721. The Bertz CT molecular complexity index is 681. The summed E-state index contributed by atoms with van der Waals surface area (Å²) in [6.07, 6.45) is -4.26. The summed E-state index contributed by atoms with van der Waals surface area (Å²) < 4.78 is 44.3. The van der Waals surface area contributed by atoms with E-state index < -0.39 is 11.7 Å². The zero-order valence-electron chi connectivity index (χ0n) is 10.9. The molecule has 2 nitrogen and oxygen atoms in total. The Hall–Kier alpha value is -2.01. The predicted molar refractivity (Wildman–Crippen MR) is 73.1 cm³/mol. The number of ether oxygens (including phenoxy) is 1. The van der Waals surface area contributed by atoms with Gasteiger partial charge in [-0.3, -0.25) is 4.79 Å². The van der Waals surface area contributed by atoms with Crippen LogP contribution in [-0.4, -0.2) is 6.29 Å². The molecule has 0 heterocycles. The van der Waals surface area contributed by atoms with Crippen molar-refractivity contribution in [3.8, 4) is 11.5 Å². The molecule has 0 bridgehead atoms. The first kappa shape index (κ1) is 15.4. The van der Waals surface area contributed by atoms with Crippen LogP contribution in [0.15, 0.2) is 36.4 Å². The molecule has 2 rings (SSSR count). The predicted octanol–water partition coefficient (Wildman–Crippen LogP) is 5.27. The molecule has 0 spiro atoms. The zero-order valence-corrected chi connectivity index (χ0v) is 11.6. The van der Waals surface area contributed by atoms with Crippen LogP contribution >= 0.6 is 11.6 Å². The van der Waals surface area contributed by atoms with Gasteiger partial charge in [0.25, 0.3) is 0 Å². The van der Waals surface area contributed by atoms with Gasteiger partial charge in [0.1, 0.15) is 17.8 Å². The van der Waals surface area contributed by atoms with Crippen LogP contribution < -0.4 is 4.74 Å². The Labute approximate surface area is 124 Å². The highest BCUT2D eigenvalue weighted by Gasteiger charge is 2.34. The van der Waals surface area contributed by atoms with Crippen LogP contribution in [0.5, 0.6) is 11.5 Å². The molecule has 0 aliphatic heterocycles. The van der Waals surface area contributed by atoms with E-state index in [1.807, 2.05) is 0 Å². The molecule has 0 aromatic heterocycles.